The van der Waals surface area contributed by atoms with Gasteiger partial charge in [-0.15, -0.1) is 0 Å². The number of rotatable bonds is 43. The predicted octanol–water partition coefficient (Wildman–Crippen LogP) is 16.2. The number of esters is 3. The first-order chi connectivity index (χ1) is 30.0. The summed E-state index contributed by atoms with van der Waals surface area (Å²) in [7, 11) is 0. The monoisotopic (exact) mass is 847 g/mol. The standard InChI is InChI=1S/C55H90O6/c1-4-7-10-13-16-19-22-25-26-27-28-29-30-31-34-36-39-42-45-48-54(57)60-51-52(61-55(58)49-46-43-40-37-33-24-21-18-15-12-9-6-3)50-59-53(56)47-44-41-38-35-32-23-20-17-14-11-8-5-2/h8-9,11-12,16-22,25,32-33,35,37,52H,4-7,10,13-15,23-24,26-31,34,36,38-51H2,1-3H3/b11-8-,12-9-,19-16-,20-17-,21-18-,25-22-,35-32-,37-33-. The van der Waals surface area contributed by atoms with Crippen LogP contribution < -0.4 is 0 Å². The van der Waals surface area contributed by atoms with Crippen molar-refractivity contribution in [2.45, 2.75) is 219 Å². The smallest absolute Gasteiger partial charge is 0.306 e. The zero-order valence-corrected chi connectivity index (χ0v) is 39.4. The molecule has 0 saturated heterocycles. The van der Waals surface area contributed by atoms with Crippen molar-refractivity contribution in [1.82, 2.24) is 0 Å². The Balaban J connectivity index is 4.42. The van der Waals surface area contributed by atoms with Crippen molar-refractivity contribution >= 4 is 17.9 Å². The molecule has 0 heterocycles. The Morgan fingerprint density at radius 3 is 1.13 bits per heavy atom. The molecule has 0 spiro atoms. The predicted molar refractivity (Wildman–Crippen MR) is 260 cm³/mol. The molecule has 0 amide bonds. The lowest BCUT2D eigenvalue weighted by atomic mass is 10.1. The van der Waals surface area contributed by atoms with Crippen molar-refractivity contribution in [2.24, 2.45) is 0 Å². The number of unbranched alkanes of at least 4 members (excludes halogenated alkanes) is 17. The van der Waals surface area contributed by atoms with Gasteiger partial charge < -0.3 is 14.2 Å². The first-order valence-electron chi connectivity index (χ1n) is 24.8. The second-order valence-electron chi connectivity index (χ2n) is 16.0. The second kappa shape index (κ2) is 49.0. The van der Waals surface area contributed by atoms with Gasteiger partial charge in [0.05, 0.1) is 0 Å². The summed E-state index contributed by atoms with van der Waals surface area (Å²) < 4.78 is 16.7. The summed E-state index contributed by atoms with van der Waals surface area (Å²) in [6.07, 6.45) is 64.0. The van der Waals surface area contributed by atoms with E-state index in [9.17, 15) is 14.4 Å². The van der Waals surface area contributed by atoms with Gasteiger partial charge >= 0.3 is 17.9 Å². The molecule has 6 heteroatoms. The molecule has 1 atom stereocenters. The maximum atomic E-state index is 12.7. The summed E-state index contributed by atoms with van der Waals surface area (Å²) in [6, 6.07) is 0. The van der Waals surface area contributed by atoms with Crippen molar-refractivity contribution in [3.8, 4) is 0 Å². The highest BCUT2D eigenvalue weighted by molar-refractivity contribution is 5.71. The van der Waals surface area contributed by atoms with Gasteiger partial charge in [-0.1, -0.05) is 182 Å². The van der Waals surface area contributed by atoms with Crippen LogP contribution in [0.2, 0.25) is 0 Å². The lowest BCUT2D eigenvalue weighted by Crippen LogP contribution is -2.30. The minimum atomic E-state index is -0.813. The van der Waals surface area contributed by atoms with Crippen LogP contribution in [0.5, 0.6) is 0 Å². The number of ether oxygens (including phenoxy) is 3. The molecule has 0 aliphatic carbocycles. The molecule has 1 unspecified atom stereocenters. The number of hydrogen-bond donors (Lipinski definition) is 0. The fourth-order valence-corrected chi connectivity index (χ4v) is 6.40. The lowest BCUT2D eigenvalue weighted by molar-refractivity contribution is -0.167. The molecule has 0 rings (SSSR count). The van der Waals surface area contributed by atoms with Crippen molar-refractivity contribution in [3.05, 3.63) is 97.2 Å². The number of carbonyl (C=O) groups is 3. The third-order valence-corrected chi connectivity index (χ3v) is 10.1. The summed E-state index contributed by atoms with van der Waals surface area (Å²) >= 11 is 0. The van der Waals surface area contributed by atoms with E-state index in [2.05, 4.69) is 118 Å². The highest BCUT2D eigenvalue weighted by Gasteiger charge is 2.19. The Kier molecular flexibility index (Phi) is 46.0. The molecule has 0 saturated carbocycles. The summed E-state index contributed by atoms with van der Waals surface area (Å²) in [6.45, 7) is 6.29. The molecule has 61 heavy (non-hydrogen) atoms. The van der Waals surface area contributed by atoms with Crippen LogP contribution in [0, 0.1) is 0 Å². The average molecular weight is 847 g/mol. The van der Waals surface area contributed by atoms with Gasteiger partial charge in [0.25, 0.3) is 0 Å². The summed E-state index contributed by atoms with van der Waals surface area (Å²) in [5.74, 6) is -0.999. The molecule has 0 fully saturated rings. The van der Waals surface area contributed by atoms with Crippen molar-refractivity contribution < 1.29 is 28.6 Å². The minimum absolute atomic E-state index is 0.108. The molecule has 0 aromatic rings. The van der Waals surface area contributed by atoms with Crippen LogP contribution in [-0.2, 0) is 28.6 Å². The van der Waals surface area contributed by atoms with Gasteiger partial charge in [0.15, 0.2) is 6.10 Å². The van der Waals surface area contributed by atoms with Gasteiger partial charge in [-0.25, -0.2) is 0 Å². The van der Waals surface area contributed by atoms with Gasteiger partial charge in [0.1, 0.15) is 13.2 Å². The molecule has 0 radical (unpaired) electrons. The molecule has 0 aliphatic rings. The van der Waals surface area contributed by atoms with E-state index >= 15 is 0 Å². The normalized spacial score (nSPS) is 12.9. The first kappa shape index (κ1) is 57.3. The van der Waals surface area contributed by atoms with Gasteiger partial charge in [0.2, 0.25) is 0 Å². The lowest BCUT2D eigenvalue weighted by Gasteiger charge is -2.18. The molecule has 346 valence electrons. The van der Waals surface area contributed by atoms with E-state index < -0.39 is 6.10 Å². The fraction of sp³-hybridized carbons (Fsp3) is 0.655. The Bertz CT molecular complexity index is 1250. The van der Waals surface area contributed by atoms with E-state index in [1.807, 2.05) is 0 Å². The maximum Gasteiger partial charge on any atom is 0.306 e. The maximum absolute atomic E-state index is 12.7. The zero-order chi connectivity index (χ0) is 44.4. The topological polar surface area (TPSA) is 78.9 Å². The third-order valence-electron chi connectivity index (χ3n) is 10.1. The van der Waals surface area contributed by atoms with E-state index in [1.54, 1.807) is 0 Å². The SMILES string of the molecule is CC/C=C\C/C=C\C/C=C\CCCCC(=O)OCC(COC(=O)CCCCCCCCCCCC/C=C\C=C/CCCCC)OC(=O)CCCC/C=C\C/C=C\C/C=C\CC. The van der Waals surface area contributed by atoms with Crippen molar-refractivity contribution in [1.29, 1.82) is 0 Å². The largest absolute Gasteiger partial charge is 0.462 e. The van der Waals surface area contributed by atoms with Crippen molar-refractivity contribution in [3.63, 3.8) is 0 Å². The third kappa shape index (κ3) is 47.2. The Morgan fingerprint density at radius 1 is 0.361 bits per heavy atom. The van der Waals surface area contributed by atoms with Crippen LogP contribution >= 0.6 is 0 Å². The van der Waals surface area contributed by atoms with Crippen molar-refractivity contribution in [2.75, 3.05) is 13.2 Å². The molecular formula is C55H90O6. The number of carbonyl (C=O) groups excluding carboxylic acids is 3. The van der Waals surface area contributed by atoms with Crippen LogP contribution in [0.25, 0.3) is 0 Å². The van der Waals surface area contributed by atoms with Gasteiger partial charge in [-0.05, 0) is 109 Å². The Labute approximate surface area is 375 Å². The Morgan fingerprint density at radius 2 is 0.689 bits per heavy atom. The number of allylic oxidation sites excluding steroid dienone is 16. The van der Waals surface area contributed by atoms with Gasteiger partial charge in [0, 0.05) is 19.3 Å². The summed E-state index contributed by atoms with van der Waals surface area (Å²) in [5.41, 5.74) is 0. The second-order valence-corrected chi connectivity index (χ2v) is 16.0. The highest BCUT2D eigenvalue weighted by Crippen LogP contribution is 2.14. The minimum Gasteiger partial charge on any atom is -0.462 e. The highest BCUT2D eigenvalue weighted by atomic mass is 16.6. The quantitative estimate of drug-likeness (QED) is 0.0200. The Hall–Kier alpha value is -3.67. The van der Waals surface area contributed by atoms with Crippen LogP contribution in [0.1, 0.15) is 213 Å². The summed E-state index contributed by atoms with van der Waals surface area (Å²) in [5, 5.41) is 0. The van der Waals surface area contributed by atoms with E-state index in [0.29, 0.717) is 19.3 Å². The van der Waals surface area contributed by atoms with E-state index in [-0.39, 0.29) is 37.5 Å². The van der Waals surface area contributed by atoms with Crippen LogP contribution in [-0.4, -0.2) is 37.2 Å². The summed E-state index contributed by atoms with van der Waals surface area (Å²) in [4.78, 5) is 37.8. The molecule has 0 N–H and O–H groups in total. The van der Waals surface area contributed by atoms with E-state index in [4.69, 9.17) is 14.2 Å². The fourth-order valence-electron chi connectivity index (χ4n) is 6.40. The molecule has 0 bridgehead atoms. The van der Waals surface area contributed by atoms with Gasteiger partial charge in [-0.2, -0.15) is 0 Å². The van der Waals surface area contributed by atoms with Crippen LogP contribution in [0.15, 0.2) is 97.2 Å². The van der Waals surface area contributed by atoms with Crippen LogP contribution in [0.4, 0.5) is 0 Å². The average Bonchev–Trinajstić information content (AvgIpc) is 3.26. The molecule has 0 aromatic heterocycles. The first-order valence-corrected chi connectivity index (χ1v) is 24.8. The zero-order valence-electron chi connectivity index (χ0n) is 39.4. The molecular weight excluding hydrogens is 757 g/mol. The van der Waals surface area contributed by atoms with E-state index in [1.165, 1.54) is 77.0 Å². The van der Waals surface area contributed by atoms with Gasteiger partial charge in [-0.3, -0.25) is 14.4 Å². The molecule has 0 aliphatic heterocycles. The van der Waals surface area contributed by atoms with Crippen LogP contribution in [0.3, 0.4) is 0 Å². The number of hydrogen-bond acceptors (Lipinski definition) is 6. The van der Waals surface area contributed by atoms with E-state index in [0.717, 1.165) is 89.9 Å². The molecule has 6 nitrogen and oxygen atoms in total. The molecule has 0 aromatic carbocycles.